The first-order chi connectivity index (χ1) is 7.04. The quantitative estimate of drug-likeness (QED) is 0.886. The summed E-state index contributed by atoms with van der Waals surface area (Å²) in [5.41, 5.74) is 0.610. The third-order valence-corrected chi connectivity index (χ3v) is 2.73. The zero-order chi connectivity index (χ0) is 11.4. The number of hydrogen-bond acceptors (Lipinski definition) is 2. The fourth-order valence-corrected chi connectivity index (χ4v) is 1.76. The lowest BCUT2D eigenvalue weighted by Crippen LogP contribution is -2.32. The summed E-state index contributed by atoms with van der Waals surface area (Å²) in [5.74, 6) is -0.241. The summed E-state index contributed by atoms with van der Waals surface area (Å²) in [4.78, 5) is 0. The van der Waals surface area contributed by atoms with Crippen LogP contribution < -0.4 is 5.32 Å². The van der Waals surface area contributed by atoms with Crippen molar-refractivity contribution in [1.82, 2.24) is 5.32 Å². The van der Waals surface area contributed by atoms with E-state index in [0.717, 1.165) is 4.47 Å². The zero-order valence-corrected chi connectivity index (χ0v) is 10.4. The maximum atomic E-state index is 13.5. The molecule has 2 N–H and O–H groups in total. The van der Waals surface area contributed by atoms with Crippen LogP contribution in [0.4, 0.5) is 4.39 Å². The number of halogens is 2. The summed E-state index contributed by atoms with van der Waals surface area (Å²) in [6.07, 6.45) is 0. The van der Waals surface area contributed by atoms with E-state index in [0.29, 0.717) is 5.56 Å². The van der Waals surface area contributed by atoms with Crippen molar-refractivity contribution >= 4 is 15.9 Å². The Morgan fingerprint density at radius 2 is 2.13 bits per heavy atom. The van der Waals surface area contributed by atoms with Gasteiger partial charge in [0.25, 0.3) is 0 Å². The number of rotatable bonds is 4. The van der Waals surface area contributed by atoms with Crippen molar-refractivity contribution in [2.24, 2.45) is 0 Å². The summed E-state index contributed by atoms with van der Waals surface area (Å²) >= 11 is 3.21. The topological polar surface area (TPSA) is 32.3 Å². The van der Waals surface area contributed by atoms with Gasteiger partial charge in [0, 0.05) is 22.1 Å². The molecule has 1 aromatic rings. The molecule has 0 aliphatic rings. The highest BCUT2D eigenvalue weighted by atomic mass is 79.9. The van der Waals surface area contributed by atoms with E-state index in [-0.39, 0.29) is 24.5 Å². The monoisotopic (exact) mass is 275 g/mol. The summed E-state index contributed by atoms with van der Waals surface area (Å²) in [5, 5.41) is 12.0. The molecule has 15 heavy (non-hydrogen) atoms. The number of benzene rings is 1. The lowest BCUT2D eigenvalue weighted by atomic mass is 10.1. The molecule has 1 aromatic carbocycles. The predicted molar refractivity (Wildman–Crippen MR) is 62.2 cm³/mol. The first-order valence-corrected chi connectivity index (χ1v) is 5.65. The van der Waals surface area contributed by atoms with Crippen molar-refractivity contribution in [1.29, 1.82) is 0 Å². The van der Waals surface area contributed by atoms with Gasteiger partial charge in [-0.05, 0) is 26.0 Å². The van der Waals surface area contributed by atoms with Crippen LogP contribution in [0, 0.1) is 5.82 Å². The van der Waals surface area contributed by atoms with Gasteiger partial charge < -0.3 is 10.4 Å². The van der Waals surface area contributed by atoms with E-state index >= 15 is 0 Å². The number of hydrogen-bond donors (Lipinski definition) is 2. The van der Waals surface area contributed by atoms with Gasteiger partial charge in [0.15, 0.2) is 0 Å². The van der Waals surface area contributed by atoms with Gasteiger partial charge >= 0.3 is 0 Å². The van der Waals surface area contributed by atoms with Crippen molar-refractivity contribution in [3.05, 3.63) is 34.1 Å². The Labute approximate surface area is 97.6 Å². The molecule has 1 rings (SSSR count). The molecule has 2 nitrogen and oxygen atoms in total. The van der Waals surface area contributed by atoms with Crippen molar-refractivity contribution < 1.29 is 9.50 Å². The van der Waals surface area contributed by atoms with Crippen molar-refractivity contribution in [3.8, 4) is 0 Å². The first kappa shape index (κ1) is 12.6. The largest absolute Gasteiger partial charge is 0.395 e. The van der Waals surface area contributed by atoms with Crippen molar-refractivity contribution in [2.75, 3.05) is 6.61 Å². The fraction of sp³-hybridized carbons (Fsp3) is 0.455. The highest BCUT2D eigenvalue weighted by Crippen LogP contribution is 2.21. The molecule has 84 valence electrons. The molecule has 0 aromatic heterocycles. The molecule has 0 heterocycles. The minimum Gasteiger partial charge on any atom is -0.395 e. The number of aliphatic hydroxyl groups excluding tert-OH is 1. The van der Waals surface area contributed by atoms with Crippen LogP contribution >= 0.6 is 15.9 Å². The van der Waals surface area contributed by atoms with E-state index in [1.54, 1.807) is 12.1 Å². The van der Waals surface area contributed by atoms with Crippen LogP contribution in [-0.2, 0) is 0 Å². The maximum Gasteiger partial charge on any atom is 0.129 e. The molecule has 0 aliphatic carbocycles. The standard InChI is InChI=1S/C11H15BrFNO/c1-7(6-15)14-8(2)10-4-3-9(12)5-11(10)13/h3-5,7-8,14-15H,6H2,1-2H3/t7-,8?/m0/s1. The first-order valence-electron chi connectivity index (χ1n) is 4.86. The van der Waals surface area contributed by atoms with E-state index in [2.05, 4.69) is 21.2 Å². The fourth-order valence-electron chi connectivity index (χ4n) is 1.42. The normalized spacial score (nSPS) is 15.0. The highest BCUT2D eigenvalue weighted by molar-refractivity contribution is 9.10. The van der Waals surface area contributed by atoms with Gasteiger partial charge in [-0.3, -0.25) is 0 Å². The van der Waals surface area contributed by atoms with Crippen LogP contribution in [0.5, 0.6) is 0 Å². The van der Waals surface area contributed by atoms with E-state index in [4.69, 9.17) is 5.11 Å². The molecule has 0 radical (unpaired) electrons. The summed E-state index contributed by atoms with van der Waals surface area (Å²) in [7, 11) is 0. The Morgan fingerprint density at radius 3 is 2.67 bits per heavy atom. The van der Waals surface area contributed by atoms with Crippen LogP contribution in [0.25, 0.3) is 0 Å². The number of nitrogens with one attached hydrogen (secondary N) is 1. The Kier molecular flexibility index (Phi) is 4.70. The van der Waals surface area contributed by atoms with Crippen LogP contribution in [-0.4, -0.2) is 17.8 Å². The van der Waals surface area contributed by atoms with E-state index in [9.17, 15) is 4.39 Å². The minimum atomic E-state index is -0.241. The Balaban J connectivity index is 2.77. The molecule has 4 heteroatoms. The Bertz CT molecular complexity index is 332. The van der Waals surface area contributed by atoms with Crippen LogP contribution in [0.15, 0.2) is 22.7 Å². The zero-order valence-electron chi connectivity index (χ0n) is 8.80. The lowest BCUT2D eigenvalue weighted by Gasteiger charge is -2.19. The molecule has 0 aliphatic heterocycles. The van der Waals surface area contributed by atoms with Crippen LogP contribution in [0.3, 0.4) is 0 Å². The Morgan fingerprint density at radius 1 is 1.47 bits per heavy atom. The maximum absolute atomic E-state index is 13.5. The van der Waals surface area contributed by atoms with Gasteiger partial charge in [0.2, 0.25) is 0 Å². The summed E-state index contributed by atoms with van der Waals surface area (Å²) in [6, 6.07) is 4.83. The molecular weight excluding hydrogens is 261 g/mol. The van der Waals surface area contributed by atoms with Gasteiger partial charge in [-0.15, -0.1) is 0 Å². The number of aliphatic hydroxyl groups is 1. The third kappa shape index (κ3) is 3.55. The van der Waals surface area contributed by atoms with Crippen molar-refractivity contribution in [2.45, 2.75) is 25.9 Å². The van der Waals surface area contributed by atoms with Crippen molar-refractivity contribution in [3.63, 3.8) is 0 Å². The van der Waals surface area contributed by atoms with E-state index in [1.165, 1.54) is 6.07 Å². The second-order valence-electron chi connectivity index (χ2n) is 3.64. The van der Waals surface area contributed by atoms with E-state index < -0.39 is 0 Å². The minimum absolute atomic E-state index is 0.0388. The molecule has 0 bridgehead atoms. The average Bonchev–Trinajstić information content (AvgIpc) is 2.17. The van der Waals surface area contributed by atoms with Gasteiger partial charge in [0.1, 0.15) is 5.82 Å². The summed E-state index contributed by atoms with van der Waals surface area (Å²) in [6.45, 7) is 3.77. The summed E-state index contributed by atoms with van der Waals surface area (Å²) < 4.78 is 14.3. The van der Waals surface area contributed by atoms with Gasteiger partial charge in [-0.2, -0.15) is 0 Å². The second-order valence-corrected chi connectivity index (χ2v) is 4.55. The molecule has 0 saturated carbocycles. The predicted octanol–water partition coefficient (Wildman–Crippen LogP) is 2.62. The van der Waals surface area contributed by atoms with Crippen LogP contribution in [0.1, 0.15) is 25.5 Å². The molecule has 1 unspecified atom stereocenters. The molecule has 0 saturated heterocycles. The molecule has 2 atom stereocenters. The second kappa shape index (κ2) is 5.58. The van der Waals surface area contributed by atoms with E-state index in [1.807, 2.05) is 13.8 Å². The SMILES string of the molecule is CC(N[C@@H](C)CO)c1ccc(Br)cc1F. The highest BCUT2D eigenvalue weighted by Gasteiger charge is 2.12. The van der Waals surface area contributed by atoms with Crippen LogP contribution in [0.2, 0.25) is 0 Å². The van der Waals surface area contributed by atoms with Gasteiger partial charge in [0.05, 0.1) is 6.61 Å². The Hall–Kier alpha value is -0.450. The molecular formula is C11H15BrFNO. The smallest absolute Gasteiger partial charge is 0.129 e. The third-order valence-electron chi connectivity index (χ3n) is 2.24. The van der Waals surface area contributed by atoms with Gasteiger partial charge in [-0.25, -0.2) is 4.39 Å². The average molecular weight is 276 g/mol. The van der Waals surface area contributed by atoms with Gasteiger partial charge in [-0.1, -0.05) is 22.0 Å². The molecule has 0 fully saturated rings. The lowest BCUT2D eigenvalue weighted by molar-refractivity contribution is 0.242. The molecule has 0 amide bonds. The molecule has 0 spiro atoms.